The normalized spacial score (nSPS) is 18.4. The van der Waals surface area contributed by atoms with E-state index in [-0.39, 0.29) is 48.3 Å². The minimum absolute atomic E-state index is 0.0324. The summed E-state index contributed by atoms with van der Waals surface area (Å²) in [6.07, 6.45) is 4.10. The zero-order valence-corrected chi connectivity index (χ0v) is 37.0. The second-order valence-electron chi connectivity index (χ2n) is 16.2. The van der Waals surface area contributed by atoms with Crippen molar-refractivity contribution in [2.45, 2.75) is 136 Å². The van der Waals surface area contributed by atoms with Crippen LogP contribution in [-0.4, -0.2) is 135 Å². The van der Waals surface area contributed by atoms with Crippen molar-refractivity contribution in [2.24, 2.45) is 17.8 Å². The van der Waals surface area contributed by atoms with Crippen LogP contribution in [0.4, 0.5) is 0 Å². The van der Waals surface area contributed by atoms with Crippen LogP contribution in [0.3, 0.4) is 0 Å². The van der Waals surface area contributed by atoms with Crippen LogP contribution in [0.2, 0.25) is 0 Å². The molecule has 1 aliphatic heterocycles. The lowest BCUT2D eigenvalue weighted by Crippen LogP contribution is -2.59. The number of methoxy groups -OCH3 is 3. The molecule has 8 atom stereocenters. The number of likely N-dealkylation sites (N-methyl/N-ethyl adjacent to an activating group) is 2. The zero-order chi connectivity index (χ0) is 43.0. The summed E-state index contributed by atoms with van der Waals surface area (Å²) in [7, 11) is 8.00. The summed E-state index contributed by atoms with van der Waals surface area (Å²) in [6.45, 7) is 16.7. The third kappa shape index (κ3) is 13.6. The lowest BCUT2D eigenvalue weighted by atomic mass is 9.93. The predicted octanol–water partition coefficient (Wildman–Crippen LogP) is 4.62. The summed E-state index contributed by atoms with van der Waals surface area (Å²) in [5.74, 6) is -2.45. The Labute approximate surface area is 342 Å². The van der Waals surface area contributed by atoms with E-state index in [1.54, 1.807) is 23.8 Å². The molecule has 2 N–H and O–H groups in total. The standard InChI is InChI=1S/C44H73N5O8/c1-14-16-24-47(9)38(29(5)6)42(52)46-37(28(3)4)43(53)48(10)39(30(7)15-2)35(55-11)27-36(50)49-25-20-23-34(49)40(56-12)31(8)41(51)45-33(44(54)57-13)26-32-21-18-17-19-22-32/h15,17-19,21-22,28-29,31,33-35,37-40H,14,16,20,23-27H2,1-13H3,(H,45,51)(H,46,52)/b30-15-/t31-,33+,34+,35-,37+,38+,39+,40-/m1/s1. The van der Waals surface area contributed by atoms with Crippen LogP contribution >= 0.6 is 0 Å². The van der Waals surface area contributed by atoms with Gasteiger partial charge >= 0.3 is 5.97 Å². The fraction of sp³-hybridized carbons (Fsp3) is 0.705. The summed E-state index contributed by atoms with van der Waals surface area (Å²) in [4.78, 5) is 74.2. The van der Waals surface area contributed by atoms with E-state index >= 15 is 0 Å². The van der Waals surface area contributed by atoms with Gasteiger partial charge in [-0.2, -0.15) is 0 Å². The lowest BCUT2D eigenvalue weighted by Gasteiger charge is -2.39. The number of carbonyl (C=O) groups is 5. The SMILES string of the molecule is C/C=C(/C)[C@@H]([C@@H](CC(=O)N1CCC[C@H]1[C@H](OC)[C@@H](C)C(=O)N[C@@H](Cc1ccccc1)C(=O)OC)OC)N(C)C(=O)[C@@H](NC(=O)[C@H](C(C)C)N(C)CCCC)C(C)C. The molecule has 0 saturated carbocycles. The van der Waals surface area contributed by atoms with Crippen LogP contribution in [0, 0.1) is 17.8 Å². The van der Waals surface area contributed by atoms with Gasteiger partial charge in [0.1, 0.15) is 12.1 Å². The molecule has 4 amide bonds. The number of hydrogen-bond donors (Lipinski definition) is 2. The fourth-order valence-corrected chi connectivity index (χ4v) is 8.08. The van der Waals surface area contributed by atoms with Gasteiger partial charge in [0.25, 0.3) is 0 Å². The molecule has 0 aliphatic carbocycles. The van der Waals surface area contributed by atoms with Crippen LogP contribution in [-0.2, 0) is 44.6 Å². The first-order chi connectivity index (χ1) is 27.0. The largest absolute Gasteiger partial charge is 0.467 e. The van der Waals surface area contributed by atoms with Gasteiger partial charge in [-0.05, 0) is 64.1 Å². The Bertz CT molecular complexity index is 1470. The smallest absolute Gasteiger partial charge is 0.328 e. The highest BCUT2D eigenvalue weighted by atomic mass is 16.5. The number of nitrogens with zero attached hydrogens (tertiary/aromatic N) is 3. The van der Waals surface area contributed by atoms with Crippen LogP contribution in [0.5, 0.6) is 0 Å². The molecular weight excluding hydrogens is 727 g/mol. The number of carbonyl (C=O) groups excluding carboxylic acids is 5. The minimum Gasteiger partial charge on any atom is -0.467 e. The Morgan fingerprint density at radius 1 is 0.912 bits per heavy atom. The Hall–Kier alpha value is -3.81. The van der Waals surface area contributed by atoms with Gasteiger partial charge in [-0.3, -0.25) is 24.1 Å². The lowest BCUT2D eigenvalue weighted by molar-refractivity contribution is -0.147. The van der Waals surface area contributed by atoms with Gasteiger partial charge in [-0.25, -0.2) is 4.79 Å². The van der Waals surface area contributed by atoms with Crippen molar-refractivity contribution in [2.75, 3.05) is 48.5 Å². The number of nitrogens with one attached hydrogen (secondary N) is 2. The third-order valence-electron chi connectivity index (χ3n) is 11.4. The van der Waals surface area contributed by atoms with Crippen molar-refractivity contribution < 1.29 is 38.2 Å². The Balaban J connectivity index is 2.30. The molecule has 1 heterocycles. The van der Waals surface area contributed by atoms with Crippen LogP contribution < -0.4 is 10.6 Å². The molecule has 1 aliphatic rings. The summed E-state index contributed by atoms with van der Waals surface area (Å²) in [5.41, 5.74) is 1.71. The van der Waals surface area contributed by atoms with E-state index in [9.17, 15) is 24.0 Å². The molecule has 1 aromatic rings. The highest BCUT2D eigenvalue weighted by molar-refractivity contribution is 5.90. The Morgan fingerprint density at radius 2 is 1.56 bits per heavy atom. The summed E-state index contributed by atoms with van der Waals surface area (Å²) >= 11 is 0. The van der Waals surface area contributed by atoms with E-state index in [0.29, 0.717) is 13.0 Å². The molecule has 13 nitrogen and oxygen atoms in total. The molecule has 0 unspecified atom stereocenters. The summed E-state index contributed by atoms with van der Waals surface area (Å²) < 4.78 is 17.0. The van der Waals surface area contributed by atoms with Crippen LogP contribution in [0.1, 0.15) is 93.1 Å². The molecule has 0 spiro atoms. The molecule has 13 heteroatoms. The maximum atomic E-state index is 14.4. The number of esters is 1. The maximum Gasteiger partial charge on any atom is 0.328 e. The molecule has 0 bridgehead atoms. The topological polar surface area (TPSA) is 147 Å². The van der Waals surface area contributed by atoms with Crippen molar-refractivity contribution in [3.05, 3.63) is 47.5 Å². The van der Waals surface area contributed by atoms with Gasteiger partial charge in [0, 0.05) is 34.2 Å². The van der Waals surface area contributed by atoms with Gasteiger partial charge in [0.2, 0.25) is 23.6 Å². The number of allylic oxidation sites excluding steroid dienone is 1. The molecule has 1 saturated heterocycles. The zero-order valence-electron chi connectivity index (χ0n) is 37.0. The number of hydrogen-bond acceptors (Lipinski definition) is 9. The number of benzene rings is 1. The number of unbranched alkanes of at least 4 members (excludes halogenated alkanes) is 1. The van der Waals surface area contributed by atoms with Gasteiger partial charge in [0.15, 0.2) is 0 Å². The molecule has 57 heavy (non-hydrogen) atoms. The van der Waals surface area contributed by atoms with Gasteiger partial charge in [0.05, 0.1) is 49.8 Å². The third-order valence-corrected chi connectivity index (χ3v) is 11.4. The second-order valence-corrected chi connectivity index (χ2v) is 16.2. The van der Waals surface area contributed by atoms with E-state index in [0.717, 1.165) is 36.9 Å². The minimum atomic E-state index is -0.896. The van der Waals surface area contributed by atoms with Crippen LogP contribution in [0.15, 0.2) is 42.0 Å². The monoisotopic (exact) mass is 800 g/mol. The molecule has 1 fully saturated rings. The van der Waals surface area contributed by atoms with Crippen molar-refractivity contribution in [1.29, 1.82) is 0 Å². The second kappa shape index (κ2) is 24.2. The molecule has 1 aromatic carbocycles. The highest BCUT2D eigenvalue weighted by Crippen LogP contribution is 2.29. The molecular formula is C44H73N5O8. The average molecular weight is 800 g/mol. The van der Waals surface area contributed by atoms with Crippen molar-refractivity contribution in [1.82, 2.24) is 25.3 Å². The number of amides is 4. The number of likely N-dealkylation sites (tertiary alicyclic amines) is 1. The van der Waals surface area contributed by atoms with E-state index in [4.69, 9.17) is 14.2 Å². The summed E-state index contributed by atoms with van der Waals surface area (Å²) in [6, 6.07) is 6.28. The van der Waals surface area contributed by atoms with E-state index < -0.39 is 54.3 Å². The first-order valence-electron chi connectivity index (χ1n) is 20.7. The highest BCUT2D eigenvalue weighted by Gasteiger charge is 2.43. The quantitative estimate of drug-likeness (QED) is 0.120. The molecule has 0 radical (unpaired) electrons. The maximum absolute atomic E-state index is 14.4. The first-order valence-corrected chi connectivity index (χ1v) is 20.7. The first kappa shape index (κ1) is 49.3. The summed E-state index contributed by atoms with van der Waals surface area (Å²) in [5, 5.41) is 5.95. The fourth-order valence-electron chi connectivity index (χ4n) is 8.08. The van der Waals surface area contributed by atoms with E-state index in [1.165, 1.54) is 21.3 Å². The number of ether oxygens (including phenoxy) is 3. The van der Waals surface area contributed by atoms with Gasteiger partial charge in [-0.1, -0.05) is 89.9 Å². The average Bonchev–Trinajstić information content (AvgIpc) is 3.67. The molecule has 0 aromatic heterocycles. The Kier molecular flexibility index (Phi) is 20.9. The van der Waals surface area contributed by atoms with Crippen molar-refractivity contribution in [3.8, 4) is 0 Å². The van der Waals surface area contributed by atoms with Crippen molar-refractivity contribution >= 4 is 29.6 Å². The van der Waals surface area contributed by atoms with Gasteiger partial charge < -0.3 is 34.6 Å². The Morgan fingerprint density at radius 3 is 2.09 bits per heavy atom. The van der Waals surface area contributed by atoms with E-state index in [2.05, 4.69) is 22.5 Å². The van der Waals surface area contributed by atoms with E-state index in [1.807, 2.05) is 85.0 Å². The number of rotatable bonds is 23. The molecule has 2 rings (SSSR count). The predicted molar refractivity (Wildman–Crippen MR) is 223 cm³/mol. The van der Waals surface area contributed by atoms with Gasteiger partial charge in [-0.15, -0.1) is 0 Å². The van der Waals surface area contributed by atoms with Crippen molar-refractivity contribution in [3.63, 3.8) is 0 Å². The van der Waals surface area contributed by atoms with Crippen LogP contribution in [0.25, 0.3) is 0 Å². The molecule has 322 valence electrons.